The van der Waals surface area contributed by atoms with E-state index in [-0.39, 0.29) is 5.78 Å². The molecule has 0 amide bonds. The van der Waals surface area contributed by atoms with E-state index in [1.54, 1.807) is 20.3 Å². The fourth-order valence-corrected chi connectivity index (χ4v) is 3.39. The lowest BCUT2D eigenvalue weighted by Gasteiger charge is -2.05. The lowest BCUT2D eigenvalue weighted by atomic mass is 10.1. The molecule has 0 atom stereocenters. The van der Waals surface area contributed by atoms with E-state index in [9.17, 15) is 4.79 Å². The third kappa shape index (κ3) is 3.98. The van der Waals surface area contributed by atoms with Crippen molar-refractivity contribution in [2.75, 3.05) is 14.2 Å². The largest absolute Gasteiger partial charge is 0.497 e. The van der Waals surface area contributed by atoms with Gasteiger partial charge >= 0.3 is 0 Å². The second-order valence-corrected chi connectivity index (χ2v) is 6.42. The van der Waals surface area contributed by atoms with Gasteiger partial charge in [-0.05, 0) is 48.0 Å². The Hall–Kier alpha value is -2.85. The fraction of sp³-hybridized carbons (Fsp3) is 0.0952. The Kier molecular flexibility index (Phi) is 5.31. The third-order valence-electron chi connectivity index (χ3n) is 3.76. The standard InChI is InChI=1S/C21H18O3S/c1-23-16-10-7-15(8-11-16)9-12-18(22)21-14-13-20(25-21)17-5-3-4-6-19(17)24-2/h3-14H,1-2H3/b12-9+. The summed E-state index contributed by atoms with van der Waals surface area (Å²) in [6, 6.07) is 19.2. The molecule has 1 aromatic heterocycles. The van der Waals surface area contributed by atoms with Crippen molar-refractivity contribution in [2.45, 2.75) is 0 Å². The van der Waals surface area contributed by atoms with Crippen molar-refractivity contribution in [1.29, 1.82) is 0 Å². The molecule has 1 heterocycles. The summed E-state index contributed by atoms with van der Waals surface area (Å²) in [4.78, 5) is 14.1. The quantitative estimate of drug-likeness (QED) is 0.445. The molecule has 3 aromatic rings. The first-order valence-corrected chi connectivity index (χ1v) is 8.62. The van der Waals surface area contributed by atoms with Crippen LogP contribution in [0.3, 0.4) is 0 Å². The van der Waals surface area contributed by atoms with Crippen molar-refractivity contribution >= 4 is 23.2 Å². The molecule has 0 aliphatic rings. The highest BCUT2D eigenvalue weighted by molar-refractivity contribution is 7.17. The van der Waals surface area contributed by atoms with E-state index in [0.29, 0.717) is 4.88 Å². The van der Waals surface area contributed by atoms with Gasteiger partial charge in [-0.25, -0.2) is 0 Å². The Morgan fingerprint density at radius 2 is 1.68 bits per heavy atom. The minimum Gasteiger partial charge on any atom is -0.497 e. The minimum absolute atomic E-state index is 0.0121. The molecule has 0 radical (unpaired) electrons. The number of ketones is 1. The van der Waals surface area contributed by atoms with Gasteiger partial charge in [-0.2, -0.15) is 0 Å². The lowest BCUT2D eigenvalue weighted by Crippen LogP contribution is -1.89. The van der Waals surface area contributed by atoms with Gasteiger partial charge in [-0.1, -0.05) is 30.3 Å². The second kappa shape index (κ2) is 7.81. The minimum atomic E-state index is -0.0121. The topological polar surface area (TPSA) is 35.5 Å². The molecule has 4 heteroatoms. The number of thiophene rings is 1. The van der Waals surface area contributed by atoms with Crippen LogP contribution in [0.2, 0.25) is 0 Å². The highest BCUT2D eigenvalue weighted by Gasteiger charge is 2.11. The van der Waals surface area contributed by atoms with Gasteiger partial charge in [0.2, 0.25) is 0 Å². The molecule has 3 rings (SSSR count). The zero-order valence-corrected chi connectivity index (χ0v) is 14.9. The van der Waals surface area contributed by atoms with Gasteiger partial charge in [0.05, 0.1) is 19.1 Å². The summed E-state index contributed by atoms with van der Waals surface area (Å²) in [5.41, 5.74) is 1.95. The van der Waals surface area contributed by atoms with E-state index in [4.69, 9.17) is 9.47 Å². The SMILES string of the molecule is COc1ccc(/C=C/C(=O)c2ccc(-c3ccccc3OC)s2)cc1. The van der Waals surface area contributed by atoms with Crippen LogP contribution < -0.4 is 9.47 Å². The van der Waals surface area contributed by atoms with E-state index >= 15 is 0 Å². The van der Waals surface area contributed by atoms with Gasteiger partial charge in [0, 0.05) is 10.4 Å². The Bertz CT molecular complexity index is 892. The number of ether oxygens (including phenoxy) is 2. The maximum absolute atomic E-state index is 12.4. The van der Waals surface area contributed by atoms with Crippen LogP contribution in [-0.4, -0.2) is 20.0 Å². The first-order valence-electron chi connectivity index (χ1n) is 7.81. The zero-order chi connectivity index (χ0) is 17.6. The van der Waals surface area contributed by atoms with Crippen molar-refractivity contribution in [3.8, 4) is 21.9 Å². The first-order chi connectivity index (χ1) is 12.2. The first kappa shape index (κ1) is 17.0. The molecule has 0 N–H and O–H groups in total. The van der Waals surface area contributed by atoms with E-state index in [2.05, 4.69) is 0 Å². The number of carbonyl (C=O) groups excluding carboxylic acids is 1. The number of rotatable bonds is 6. The maximum Gasteiger partial charge on any atom is 0.195 e. The second-order valence-electron chi connectivity index (χ2n) is 5.33. The van der Waals surface area contributed by atoms with Gasteiger partial charge in [-0.3, -0.25) is 4.79 Å². The van der Waals surface area contributed by atoms with Crippen LogP contribution in [0.5, 0.6) is 11.5 Å². The number of carbonyl (C=O) groups is 1. The number of benzene rings is 2. The van der Waals surface area contributed by atoms with Crippen LogP contribution in [0.4, 0.5) is 0 Å². The molecule has 3 nitrogen and oxygen atoms in total. The Morgan fingerprint density at radius 3 is 2.40 bits per heavy atom. The van der Waals surface area contributed by atoms with Crippen molar-refractivity contribution in [1.82, 2.24) is 0 Å². The molecular weight excluding hydrogens is 332 g/mol. The molecule has 0 bridgehead atoms. The van der Waals surface area contributed by atoms with Crippen molar-refractivity contribution in [3.63, 3.8) is 0 Å². The van der Waals surface area contributed by atoms with E-state index < -0.39 is 0 Å². The van der Waals surface area contributed by atoms with Crippen LogP contribution in [-0.2, 0) is 0 Å². The molecule has 2 aromatic carbocycles. The monoisotopic (exact) mass is 350 g/mol. The number of hydrogen-bond donors (Lipinski definition) is 0. The van der Waals surface area contributed by atoms with Crippen LogP contribution in [0.25, 0.3) is 16.5 Å². The molecular formula is C21H18O3S. The smallest absolute Gasteiger partial charge is 0.195 e. The summed E-state index contributed by atoms with van der Waals surface area (Å²) < 4.78 is 10.5. The molecule has 0 fully saturated rings. The predicted octanol–water partition coefficient (Wildman–Crippen LogP) is 5.33. The average molecular weight is 350 g/mol. The van der Waals surface area contributed by atoms with Crippen LogP contribution in [0, 0.1) is 0 Å². The number of hydrogen-bond acceptors (Lipinski definition) is 4. The van der Waals surface area contributed by atoms with Gasteiger partial charge in [0.15, 0.2) is 5.78 Å². The molecule has 0 unspecified atom stereocenters. The lowest BCUT2D eigenvalue weighted by molar-refractivity contribution is 0.105. The van der Waals surface area contributed by atoms with E-state index in [1.807, 2.05) is 66.7 Å². The Labute approximate surface area is 151 Å². The molecule has 25 heavy (non-hydrogen) atoms. The van der Waals surface area contributed by atoms with E-state index in [1.165, 1.54) is 11.3 Å². The van der Waals surface area contributed by atoms with Crippen molar-refractivity contribution in [2.24, 2.45) is 0 Å². The zero-order valence-electron chi connectivity index (χ0n) is 14.1. The van der Waals surface area contributed by atoms with Gasteiger partial charge < -0.3 is 9.47 Å². The molecule has 0 spiro atoms. The van der Waals surface area contributed by atoms with E-state index in [0.717, 1.165) is 27.5 Å². The normalized spacial score (nSPS) is 10.8. The highest BCUT2D eigenvalue weighted by Crippen LogP contribution is 2.35. The van der Waals surface area contributed by atoms with Crippen LogP contribution in [0.1, 0.15) is 15.2 Å². The summed E-state index contributed by atoms with van der Waals surface area (Å²) in [5.74, 6) is 1.59. The van der Waals surface area contributed by atoms with Gasteiger partial charge in [-0.15, -0.1) is 11.3 Å². The summed E-state index contributed by atoms with van der Waals surface area (Å²) >= 11 is 1.46. The van der Waals surface area contributed by atoms with Crippen molar-refractivity contribution in [3.05, 3.63) is 77.2 Å². The summed E-state index contributed by atoms with van der Waals surface area (Å²) in [5, 5.41) is 0. The maximum atomic E-state index is 12.4. The Balaban J connectivity index is 1.77. The van der Waals surface area contributed by atoms with Crippen molar-refractivity contribution < 1.29 is 14.3 Å². The molecule has 126 valence electrons. The summed E-state index contributed by atoms with van der Waals surface area (Å²) in [7, 11) is 3.28. The highest BCUT2D eigenvalue weighted by atomic mass is 32.1. The summed E-state index contributed by atoms with van der Waals surface area (Å²) in [6.45, 7) is 0. The van der Waals surface area contributed by atoms with Crippen LogP contribution >= 0.6 is 11.3 Å². The number of methoxy groups -OCH3 is 2. The van der Waals surface area contributed by atoms with Gasteiger partial charge in [0.1, 0.15) is 11.5 Å². The molecule has 0 saturated carbocycles. The molecule has 0 aliphatic heterocycles. The summed E-state index contributed by atoms with van der Waals surface area (Å²) in [6.07, 6.45) is 3.41. The van der Waals surface area contributed by atoms with Gasteiger partial charge in [0.25, 0.3) is 0 Å². The predicted molar refractivity (Wildman–Crippen MR) is 103 cm³/mol. The molecule has 0 aliphatic carbocycles. The Morgan fingerprint density at radius 1 is 0.920 bits per heavy atom. The fourth-order valence-electron chi connectivity index (χ4n) is 2.43. The number of para-hydroxylation sites is 1. The van der Waals surface area contributed by atoms with Crippen LogP contribution in [0.15, 0.2) is 66.7 Å². The molecule has 0 saturated heterocycles. The average Bonchev–Trinajstić information content (AvgIpc) is 3.16. The number of allylic oxidation sites excluding steroid dienone is 1. The third-order valence-corrected chi connectivity index (χ3v) is 4.90.